The maximum Gasteiger partial charge on any atom is 0.255 e. The number of carbonyl (C=O) groups excluding carboxylic acids is 2. The minimum Gasteiger partial charge on any atom is -0.497 e. The summed E-state index contributed by atoms with van der Waals surface area (Å²) in [5, 5.41) is 6.15. The zero-order valence-corrected chi connectivity index (χ0v) is 21.6. The molecular formula is C30H27N5O4. The lowest BCUT2D eigenvalue weighted by Crippen LogP contribution is -2.24. The van der Waals surface area contributed by atoms with E-state index in [2.05, 4.69) is 20.6 Å². The van der Waals surface area contributed by atoms with Crippen molar-refractivity contribution in [1.29, 1.82) is 0 Å². The summed E-state index contributed by atoms with van der Waals surface area (Å²) in [6.07, 6.45) is 6.35. The molecule has 6 rings (SSSR count). The minimum absolute atomic E-state index is 0.149. The third-order valence-corrected chi connectivity index (χ3v) is 6.94. The van der Waals surface area contributed by atoms with Crippen LogP contribution >= 0.6 is 0 Å². The van der Waals surface area contributed by atoms with E-state index in [-0.39, 0.29) is 17.9 Å². The number of hydrogen-bond donors (Lipinski definition) is 2. The molecule has 1 atom stereocenters. The van der Waals surface area contributed by atoms with E-state index in [1.807, 2.05) is 42.3 Å². The quantitative estimate of drug-likeness (QED) is 0.334. The van der Waals surface area contributed by atoms with Gasteiger partial charge in [0.25, 0.3) is 5.91 Å². The Morgan fingerprint density at radius 1 is 1.03 bits per heavy atom. The lowest BCUT2D eigenvalue weighted by Gasteiger charge is -2.28. The van der Waals surface area contributed by atoms with Gasteiger partial charge in [-0.15, -0.1) is 0 Å². The van der Waals surface area contributed by atoms with Gasteiger partial charge in [-0.3, -0.25) is 14.6 Å². The van der Waals surface area contributed by atoms with E-state index in [1.54, 1.807) is 49.8 Å². The van der Waals surface area contributed by atoms with Crippen LogP contribution in [0, 0.1) is 0 Å². The Labute approximate surface area is 225 Å². The molecule has 1 saturated heterocycles. The van der Waals surface area contributed by atoms with Crippen LogP contribution in [0.15, 0.2) is 73.2 Å². The third-order valence-electron chi connectivity index (χ3n) is 6.94. The molecule has 2 aromatic carbocycles. The summed E-state index contributed by atoms with van der Waals surface area (Å²) in [5.74, 6) is 1.97. The fourth-order valence-electron chi connectivity index (χ4n) is 4.94. The van der Waals surface area contributed by atoms with Gasteiger partial charge in [0.2, 0.25) is 5.91 Å². The molecular weight excluding hydrogens is 494 g/mol. The van der Waals surface area contributed by atoms with E-state index in [4.69, 9.17) is 9.47 Å². The Morgan fingerprint density at radius 3 is 2.62 bits per heavy atom. The van der Waals surface area contributed by atoms with E-state index in [0.29, 0.717) is 34.9 Å². The van der Waals surface area contributed by atoms with Crippen molar-refractivity contribution in [1.82, 2.24) is 9.97 Å². The van der Waals surface area contributed by atoms with Crippen molar-refractivity contribution in [2.45, 2.75) is 25.9 Å². The number of ether oxygens (including phenoxy) is 2. The maximum absolute atomic E-state index is 12.6. The average molecular weight is 522 g/mol. The Bertz CT molecular complexity index is 1570. The Morgan fingerprint density at radius 2 is 1.85 bits per heavy atom. The topological polar surface area (TPSA) is 106 Å². The summed E-state index contributed by atoms with van der Waals surface area (Å²) in [7, 11) is 1.58. The summed E-state index contributed by atoms with van der Waals surface area (Å²) in [6.45, 7) is 2.73. The lowest BCUT2D eigenvalue weighted by molar-refractivity contribution is -0.117. The van der Waals surface area contributed by atoms with Gasteiger partial charge in [0.15, 0.2) is 0 Å². The van der Waals surface area contributed by atoms with Gasteiger partial charge in [0, 0.05) is 53.2 Å². The molecule has 2 aromatic heterocycles. The van der Waals surface area contributed by atoms with Crippen molar-refractivity contribution in [3.63, 3.8) is 0 Å². The minimum atomic E-state index is -0.245. The first kappa shape index (κ1) is 24.4. The summed E-state index contributed by atoms with van der Waals surface area (Å²) >= 11 is 0. The zero-order chi connectivity index (χ0) is 26.9. The van der Waals surface area contributed by atoms with Crippen molar-refractivity contribution < 1.29 is 19.1 Å². The van der Waals surface area contributed by atoms with Gasteiger partial charge in [-0.2, -0.15) is 0 Å². The maximum atomic E-state index is 12.6. The predicted octanol–water partition coefficient (Wildman–Crippen LogP) is 5.73. The smallest absolute Gasteiger partial charge is 0.255 e. The second-order valence-electron chi connectivity index (χ2n) is 9.52. The summed E-state index contributed by atoms with van der Waals surface area (Å²) in [4.78, 5) is 35.5. The van der Waals surface area contributed by atoms with Gasteiger partial charge in [0.05, 0.1) is 30.9 Å². The van der Waals surface area contributed by atoms with Crippen LogP contribution in [0.5, 0.6) is 11.5 Å². The number of nitrogens with zero attached hydrogens (tertiary/aromatic N) is 3. The number of pyridine rings is 2. The normalized spacial score (nSPS) is 15.7. The summed E-state index contributed by atoms with van der Waals surface area (Å²) in [6, 6.07) is 16.6. The highest BCUT2D eigenvalue weighted by molar-refractivity contribution is 6.04. The number of aromatic nitrogens is 2. The predicted molar refractivity (Wildman–Crippen MR) is 149 cm³/mol. The fraction of sp³-hybridized carbons (Fsp3) is 0.200. The van der Waals surface area contributed by atoms with E-state index < -0.39 is 0 Å². The van der Waals surface area contributed by atoms with Crippen molar-refractivity contribution in [3.05, 3.63) is 84.3 Å². The average Bonchev–Trinajstić information content (AvgIpc) is 3.39. The van der Waals surface area contributed by atoms with Crippen molar-refractivity contribution in [2.24, 2.45) is 0 Å². The van der Waals surface area contributed by atoms with Gasteiger partial charge < -0.3 is 25.0 Å². The van der Waals surface area contributed by atoms with Gasteiger partial charge in [-0.25, -0.2) is 4.98 Å². The van der Waals surface area contributed by atoms with E-state index in [0.717, 1.165) is 41.1 Å². The van der Waals surface area contributed by atoms with Crippen LogP contribution in [0.1, 0.15) is 41.8 Å². The van der Waals surface area contributed by atoms with Crippen LogP contribution in [0.4, 0.5) is 22.9 Å². The van der Waals surface area contributed by atoms with E-state index >= 15 is 0 Å². The van der Waals surface area contributed by atoms with Gasteiger partial charge >= 0.3 is 0 Å². The standard InChI is InChI=1S/C30H27N5O4/c1-18-25-14-28(32-17-26(25)24-10-7-22(13-27(24)39-18)35-11-3-4-29(35)36)33-20-12-21(16-31-15-20)34-30(37)19-5-8-23(38-2)9-6-19/h5-10,12-18H,3-4,11H2,1-2H3,(H,32,33)(H,34,37). The van der Waals surface area contributed by atoms with Gasteiger partial charge in [0.1, 0.15) is 23.4 Å². The molecule has 2 aliphatic heterocycles. The Kier molecular flexibility index (Phi) is 6.32. The van der Waals surface area contributed by atoms with Gasteiger partial charge in [-0.1, -0.05) is 0 Å². The molecule has 0 aliphatic carbocycles. The van der Waals surface area contributed by atoms with Crippen LogP contribution in [0.25, 0.3) is 11.1 Å². The lowest BCUT2D eigenvalue weighted by atomic mass is 9.94. The monoisotopic (exact) mass is 521 g/mol. The number of nitrogens with one attached hydrogen (secondary N) is 2. The molecule has 2 amide bonds. The molecule has 4 heterocycles. The molecule has 9 nitrogen and oxygen atoms in total. The molecule has 2 N–H and O–H groups in total. The molecule has 1 fully saturated rings. The highest BCUT2D eigenvalue weighted by Gasteiger charge is 2.27. The number of fused-ring (bicyclic) bond motifs is 3. The summed E-state index contributed by atoms with van der Waals surface area (Å²) < 4.78 is 11.4. The van der Waals surface area contributed by atoms with Gasteiger partial charge in [-0.05, 0) is 61.9 Å². The molecule has 39 heavy (non-hydrogen) atoms. The molecule has 0 saturated carbocycles. The molecule has 0 spiro atoms. The number of rotatable bonds is 6. The summed E-state index contributed by atoms with van der Waals surface area (Å²) in [5.41, 5.74) is 5.55. The highest BCUT2D eigenvalue weighted by Crippen LogP contribution is 2.44. The van der Waals surface area contributed by atoms with E-state index in [9.17, 15) is 9.59 Å². The first-order valence-electron chi connectivity index (χ1n) is 12.8. The van der Waals surface area contributed by atoms with Crippen LogP contribution < -0.4 is 25.0 Å². The number of hydrogen-bond acceptors (Lipinski definition) is 7. The molecule has 9 heteroatoms. The van der Waals surface area contributed by atoms with Crippen molar-refractivity contribution in [3.8, 4) is 22.6 Å². The van der Waals surface area contributed by atoms with Crippen LogP contribution in [-0.4, -0.2) is 35.4 Å². The molecule has 4 aromatic rings. The number of anilines is 4. The molecule has 0 radical (unpaired) electrons. The Hall–Kier alpha value is -4.92. The first-order valence-corrected chi connectivity index (χ1v) is 12.8. The molecule has 1 unspecified atom stereocenters. The largest absolute Gasteiger partial charge is 0.497 e. The van der Waals surface area contributed by atoms with Crippen LogP contribution in [0.3, 0.4) is 0 Å². The number of methoxy groups -OCH3 is 1. The second-order valence-corrected chi connectivity index (χ2v) is 9.52. The second kappa shape index (κ2) is 10.1. The molecule has 196 valence electrons. The van der Waals surface area contributed by atoms with Crippen molar-refractivity contribution in [2.75, 3.05) is 29.2 Å². The zero-order valence-electron chi connectivity index (χ0n) is 21.6. The molecule has 0 bridgehead atoms. The number of carbonyl (C=O) groups is 2. The number of amides is 2. The fourth-order valence-corrected chi connectivity index (χ4v) is 4.94. The van der Waals surface area contributed by atoms with E-state index in [1.165, 1.54) is 0 Å². The Balaban J connectivity index is 1.20. The number of benzene rings is 2. The molecule has 2 aliphatic rings. The SMILES string of the molecule is COc1ccc(C(=O)Nc2cncc(Nc3cc4c(cn3)-c3ccc(N5CCCC5=O)cc3OC4C)c2)cc1. The van der Waals surface area contributed by atoms with Crippen LogP contribution in [0.2, 0.25) is 0 Å². The van der Waals surface area contributed by atoms with Crippen molar-refractivity contribution >= 4 is 34.7 Å². The first-order chi connectivity index (χ1) is 19.0. The highest BCUT2D eigenvalue weighted by atomic mass is 16.5. The third kappa shape index (κ3) is 4.86. The van der Waals surface area contributed by atoms with Crippen LogP contribution in [-0.2, 0) is 4.79 Å².